The van der Waals surface area contributed by atoms with Crippen molar-refractivity contribution in [3.8, 4) is 11.5 Å². The Morgan fingerprint density at radius 1 is 1.00 bits per heavy atom. The fourth-order valence-electron chi connectivity index (χ4n) is 3.70. The zero-order valence-electron chi connectivity index (χ0n) is 18.8. The first kappa shape index (κ1) is 24.7. The Hall–Kier alpha value is -2.41. The topological polar surface area (TPSA) is 92.8 Å². The second-order valence-electron chi connectivity index (χ2n) is 8.80. The number of aliphatic hydroxyl groups excluding tert-OH is 2. The van der Waals surface area contributed by atoms with E-state index in [2.05, 4.69) is 9.24 Å². The van der Waals surface area contributed by atoms with Gasteiger partial charge in [-0.1, -0.05) is 27.4 Å². The molecule has 0 spiro atoms. The number of alkyl halides is 1. The van der Waals surface area contributed by atoms with Crippen molar-refractivity contribution in [1.29, 1.82) is 0 Å². The highest BCUT2D eigenvalue weighted by atomic mass is 32.1. The van der Waals surface area contributed by atoms with Gasteiger partial charge in [-0.05, 0) is 73.4 Å². The third-order valence-corrected chi connectivity index (χ3v) is 7.33. The molecule has 0 saturated heterocycles. The number of ether oxygens (including phenoxy) is 1. The van der Waals surface area contributed by atoms with E-state index in [-0.39, 0.29) is 18.6 Å². The fraction of sp³-hybridized carbons (Fsp3) is 0.269. The lowest BCUT2D eigenvalue weighted by molar-refractivity contribution is 0.115. The first-order chi connectivity index (χ1) is 16.1. The summed E-state index contributed by atoms with van der Waals surface area (Å²) >= 11 is 1.48. The van der Waals surface area contributed by atoms with Crippen molar-refractivity contribution in [2.45, 2.75) is 30.7 Å². The molecule has 1 heterocycles. The van der Waals surface area contributed by atoms with Crippen LogP contribution in [0.2, 0.25) is 0 Å². The first-order valence-electron chi connectivity index (χ1n) is 10.9. The standard InChI is InChI=1S/C26H27FNO4PS/c1-25(27,33)17-3-2-4-18(12-17)32-19-6-8-21-23(13-19)34-22-11-16(5-7-20(22)24(21)31)9-10-26(28,14-29)15-30/h2-8,11-13,29-30H,9-10,14-15,28,33H2,1H3. The van der Waals surface area contributed by atoms with Crippen LogP contribution in [0.1, 0.15) is 24.5 Å². The molecule has 4 rings (SSSR count). The summed E-state index contributed by atoms with van der Waals surface area (Å²) in [5, 5.41) is 18.5. The van der Waals surface area contributed by atoms with Gasteiger partial charge in [-0.25, -0.2) is 4.39 Å². The van der Waals surface area contributed by atoms with Gasteiger partial charge < -0.3 is 20.7 Å². The molecular formula is C26H27FNO4PS. The molecular weight excluding hydrogens is 472 g/mol. The number of nitrogens with two attached hydrogens (primary N) is 1. The molecule has 4 N–H and O–H groups in total. The minimum absolute atomic E-state index is 0.0565. The van der Waals surface area contributed by atoms with Gasteiger partial charge in [-0.3, -0.25) is 4.79 Å². The van der Waals surface area contributed by atoms with Gasteiger partial charge >= 0.3 is 0 Å². The highest BCUT2D eigenvalue weighted by Gasteiger charge is 2.23. The summed E-state index contributed by atoms with van der Waals surface area (Å²) in [4.78, 5) is 13.1. The third kappa shape index (κ3) is 5.29. The van der Waals surface area contributed by atoms with E-state index < -0.39 is 10.9 Å². The van der Waals surface area contributed by atoms with Gasteiger partial charge in [-0.15, -0.1) is 11.3 Å². The van der Waals surface area contributed by atoms with E-state index in [1.807, 2.05) is 24.3 Å². The first-order valence-corrected chi connectivity index (χ1v) is 12.3. The fourth-order valence-corrected chi connectivity index (χ4v) is 5.04. The van der Waals surface area contributed by atoms with Gasteiger partial charge in [0.2, 0.25) is 0 Å². The number of rotatable bonds is 8. The number of aliphatic hydroxyl groups is 2. The van der Waals surface area contributed by atoms with Crippen molar-refractivity contribution in [2.75, 3.05) is 13.2 Å². The molecule has 2 atom stereocenters. The molecule has 0 bridgehead atoms. The number of halogens is 1. The van der Waals surface area contributed by atoms with Crippen LogP contribution in [0.25, 0.3) is 20.2 Å². The van der Waals surface area contributed by atoms with Crippen molar-refractivity contribution >= 4 is 40.7 Å². The molecule has 0 aliphatic heterocycles. The normalized spacial score (nSPS) is 13.8. The van der Waals surface area contributed by atoms with E-state index in [9.17, 15) is 19.4 Å². The zero-order chi connectivity index (χ0) is 24.5. The Labute approximate surface area is 203 Å². The molecule has 0 fully saturated rings. The van der Waals surface area contributed by atoms with Gasteiger partial charge in [-0.2, -0.15) is 0 Å². The second kappa shape index (κ2) is 9.68. The molecule has 2 unspecified atom stereocenters. The molecule has 1 aromatic heterocycles. The number of hydrogen-bond donors (Lipinski definition) is 3. The smallest absolute Gasteiger partial charge is 0.195 e. The van der Waals surface area contributed by atoms with E-state index in [1.165, 1.54) is 18.3 Å². The van der Waals surface area contributed by atoms with Crippen LogP contribution >= 0.6 is 20.6 Å². The molecule has 178 valence electrons. The number of aryl methyl sites for hydroxylation is 1. The molecule has 5 nitrogen and oxygen atoms in total. The zero-order valence-corrected chi connectivity index (χ0v) is 20.7. The molecule has 0 aliphatic rings. The number of benzene rings is 3. The predicted molar refractivity (Wildman–Crippen MR) is 140 cm³/mol. The Bertz CT molecular complexity index is 1400. The maximum Gasteiger partial charge on any atom is 0.195 e. The molecule has 0 aliphatic carbocycles. The average molecular weight is 500 g/mol. The van der Waals surface area contributed by atoms with Crippen LogP contribution in [0.4, 0.5) is 4.39 Å². The van der Waals surface area contributed by atoms with Crippen molar-refractivity contribution in [3.63, 3.8) is 0 Å². The lowest BCUT2D eigenvalue weighted by Crippen LogP contribution is -2.47. The van der Waals surface area contributed by atoms with Gasteiger partial charge in [0.25, 0.3) is 0 Å². The van der Waals surface area contributed by atoms with Crippen LogP contribution < -0.4 is 15.9 Å². The molecule has 8 heteroatoms. The third-order valence-electron chi connectivity index (χ3n) is 5.88. The van der Waals surface area contributed by atoms with E-state index in [4.69, 9.17) is 10.5 Å². The summed E-state index contributed by atoms with van der Waals surface area (Å²) in [5.74, 6) is 1.07. The molecule has 0 amide bonds. The summed E-state index contributed by atoms with van der Waals surface area (Å²) in [6, 6.07) is 17.8. The number of fused-ring (bicyclic) bond motifs is 2. The minimum atomic E-state index is -1.56. The Balaban J connectivity index is 1.66. The molecule has 3 aromatic carbocycles. The molecule has 4 aromatic rings. The predicted octanol–water partition coefficient (Wildman–Crippen LogP) is 4.84. The van der Waals surface area contributed by atoms with Crippen LogP contribution in [-0.4, -0.2) is 29.0 Å². The maximum atomic E-state index is 14.3. The van der Waals surface area contributed by atoms with Gasteiger partial charge in [0.1, 0.15) is 16.9 Å². The summed E-state index contributed by atoms with van der Waals surface area (Å²) in [5.41, 5.74) is 6.35. The van der Waals surface area contributed by atoms with Crippen LogP contribution in [-0.2, 0) is 11.8 Å². The quantitative estimate of drug-likeness (QED) is 0.238. The van der Waals surface area contributed by atoms with E-state index in [0.717, 1.165) is 15.0 Å². The van der Waals surface area contributed by atoms with Crippen molar-refractivity contribution in [3.05, 3.63) is 82.0 Å². The van der Waals surface area contributed by atoms with E-state index in [0.29, 0.717) is 40.7 Å². The maximum absolute atomic E-state index is 14.3. The lowest BCUT2D eigenvalue weighted by atomic mass is 9.94. The summed E-state index contributed by atoms with van der Waals surface area (Å²) in [6.07, 6.45) is 0.981. The Kier molecular flexibility index (Phi) is 7.04. The lowest BCUT2D eigenvalue weighted by Gasteiger charge is -2.24. The minimum Gasteiger partial charge on any atom is -0.457 e. The van der Waals surface area contributed by atoms with Crippen LogP contribution in [0.5, 0.6) is 11.5 Å². The largest absolute Gasteiger partial charge is 0.457 e. The van der Waals surface area contributed by atoms with Crippen LogP contribution in [0.15, 0.2) is 65.5 Å². The molecule has 34 heavy (non-hydrogen) atoms. The summed E-state index contributed by atoms with van der Waals surface area (Å²) in [7, 11) is 2.17. The van der Waals surface area contributed by atoms with Crippen molar-refractivity contribution < 1.29 is 19.3 Å². The average Bonchev–Trinajstić information content (AvgIpc) is 2.82. The SMILES string of the molecule is CC(F)(P)c1cccc(Oc2ccc3c(=O)c4ccc(CCC(N)(CO)CO)cc4sc3c2)c1. The van der Waals surface area contributed by atoms with Gasteiger partial charge in [0.05, 0.1) is 18.8 Å². The Morgan fingerprint density at radius 3 is 2.32 bits per heavy atom. The van der Waals surface area contributed by atoms with Crippen molar-refractivity contribution in [1.82, 2.24) is 0 Å². The van der Waals surface area contributed by atoms with E-state index >= 15 is 0 Å². The molecule has 0 saturated carbocycles. The summed E-state index contributed by atoms with van der Waals surface area (Å²) in [6.45, 7) is 0.857. The highest BCUT2D eigenvalue weighted by molar-refractivity contribution is 7.24. The second-order valence-corrected chi connectivity index (χ2v) is 11.0. The monoisotopic (exact) mass is 499 g/mol. The van der Waals surface area contributed by atoms with Crippen LogP contribution in [0, 0.1) is 0 Å². The molecule has 0 radical (unpaired) electrons. The number of hydrogen-bond acceptors (Lipinski definition) is 6. The van der Waals surface area contributed by atoms with Gasteiger partial charge in [0.15, 0.2) is 5.43 Å². The van der Waals surface area contributed by atoms with Gasteiger partial charge in [0, 0.05) is 20.2 Å². The van der Waals surface area contributed by atoms with Crippen LogP contribution in [0.3, 0.4) is 0 Å². The van der Waals surface area contributed by atoms with Crippen molar-refractivity contribution in [2.24, 2.45) is 5.73 Å². The Morgan fingerprint density at radius 2 is 1.65 bits per heavy atom. The highest BCUT2D eigenvalue weighted by Crippen LogP contribution is 2.36. The van der Waals surface area contributed by atoms with E-state index in [1.54, 1.807) is 36.4 Å². The summed E-state index contributed by atoms with van der Waals surface area (Å²) < 4.78 is 21.9.